The predicted molar refractivity (Wildman–Crippen MR) is 83.2 cm³/mol. The van der Waals surface area contributed by atoms with Crippen LogP contribution in [-0.2, 0) is 6.54 Å². The van der Waals surface area contributed by atoms with Gasteiger partial charge in [-0.3, -0.25) is 4.79 Å². The second-order valence-corrected chi connectivity index (χ2v) is 5.60. The van der Waals surface area contributed by atoms with Gasteiger partial charge in [-0.1, -0.05) is 24.3 Å². The van der Waals surface area contributed by atoms with E-state index in [-0.39, 0.29) is 5.91 Å². The molecule has 2 aromatic heterocycles. The smallest absolute Gasteiger partial charge is 0.261 e. The van der Waals surface area contributed by atoms with Crippen LogP contribution in [-0.4, -0.2) is 17.0 Å². The van der Waals surface area contributed by atoms with Crippen LogP contribution in [0.25, 0.3) is 10.9 Å². The van der Waals surface area contributed by atoms with Crippen molar-refractivity contribution in [2.75, 3.05) is 6.54 Å². The highest BCUT2D eigenvalue weighted by Gasteiger charge is 2.05. The van der Waals surface area contributed by atoms with Crippen molar-refractivity contribution in [3.63, 3.8) is 0 Å². The van der Waals surface area contributed by atoms with E-state index in [1.807, 2.05) is 23.6 Å². The Hall–Kier alpha value is -2.07. The van der Waals surface area contributed by atoms with E-state index in [9.17, 15) is 4.79 Å². The quantitative estimate of drug-likeness (QED) is 0.715. The monoisotopic (exact) mass is 284 g/mol. The number of hydrogen-bond acceptors (Lipinski definition) is 2. The molecule has 0 atom stereocenters. The molecule has 3 aromatic rings. The molecule has 0 radical (unpaired) electrons. The molecule has 0 aliphatic carbocycles. The Morgan fingerprint density at radius 3 is 2.90 bits per heavy atom. The number of aryl methyl sites for hydroxylation is 1. The van der Waals surface area contributed by atoms with Crippen molar-refractivity contribution in [2.24, 2.45) is 0 Å². The first kappa shape index (κ1) is 12.9. The number of aromatic nitrogens is 1. The molecule has 20 heavy (non-hydrogen) atoms. The molecule has 1 amide bonds. The summed E-state index contributed by atoms with van der Waals surface area (Å²) >= 11 is 1.47. The highest BCUT2D eigenvalue weighted by molar-refractivity contribution is 7.12. The molecule has 0 saturated carbocycles. The van der Waals surface area contributed by atoms with Gasteiger partial charge in [0.1, 0.15) is 0 Å². The van der Waals surface area contributed by atoms with Crippen molar-refractivity contribution >= 4 is 28.1 Å². The number of para-hydroxylation sites is 1. The second kappa shape index (κ2) is 5.92. The summed E-state index contributed by atoms with van der Waals surface area (Å²) in [5.74, 6) is 0.0253. The first-order valence-corrected chi connectivity index (χ1v) is 7.58. The third-order valence-corrected chi connectivity index (χ3v) is 4.16. The summed E-state index contributed by atoms with van der Waals surface area (Å²) in [6.45, 7) is 1.61. The summed E-state index contributed by atoms with van der Waals surface area (Å²) in [5.41, 5.74) is 1.25. The van der Waals surface area contributed by atoms with Gasteiger partial charge in [0.15, 0.2) is 0 Å². The van der Waals surface area contributed by atoms with Gasteiger partial charge >= 0.3 is 0 Å². The zero-order valence-corrected chi connectivity index (χ0v) is 11.9. The van der Waals surface area contributed by atoms with Gasteiger partial charge < -0.3 is 9.88 Å². The molecule has 0 aliphatic heterocycles. The van der Waals surface area contributed by atoms with E-state index in [0.29, 0.717) is 6.54 Å². The minimum Gasteiger partial charge on any atom is -0.351 e. The molecular weight excluding hydrogens is 268 g/mol. The third kappa shape index (κ3) is 2.75. The fraction of sp³-hybridized carbons (Fsp3) is 0.188. The lowest BCUT2D eigenvalue weighted by Gasteiger charge is -2.06. The van der Waals surface area contributed by atoms with Crippen molar-refractivity contribution in [3.05, 3.63) is 58.9 Å². The zero-order valence-electron chi connectivity index (χ0n) is 11.1. The predicted octanol–water partition coefficient (Wildman–Crippen LogP) is 3.52. The Kier molecular flexibility index (Phi) is 3.83. The number of thiophene rings is 1. The zero-order chi connectivity index (χ0) is 13.8. The summed E-state index contributed by atoms with van der Waals surface area (Å²) in [4.78, 5) is 12.5. The van der Waals surface area contributed by atoms with Crippen molar-refractivity contribution in [1.82, 2.24) is 9.88 Å². The van der Waals surface area contributed by atoms with Crippen LogP contribution in [0.4, 0.5) is 0 Å². The highest BCUT2D eigenvalue weighted by Crippen LogP contribution is 2.15. The number of rotatable bonds is 5. The van der Waals surface area contributed by atoms with Crippen LogP contribution in [0.5, 0.6) is 0 Å². The molecule has 0 saturated heterocycles. The lowest BCUT2D eigenvalue weighted by atomic mass is 10.2. The van der Waals surface area contributed by atoms with Gasteiger partial charge in [-0.2, -0.15) is 0 Å². The fourth-order valence-corrected chi connectivity index (χ4v) is 2.92. The number of amides is 1. The number of benzene rings is 1. The third-order valence-electron chi connectivity index (χ3n) is 3.29. The molecule has 1 N–H and O–H groups in total. The van der Waals surface area contributed by atoms with Gasteiger partial charge in [0.25, 0.3) is 5.91 Å². The maximum atomic E-state index is 11.8. The van der Waals surface area contributed by atoms with Crippen molar-refractivity contribution in [1.29, 1.82) is 0 Å². The molecule has 1 aromatic carbocycles. The minimum atomic E-state index is 0.0253. The summed E-state index contributed by atoms with van der Waals surface area (Å²) in [5, 5.41) is 6.13. The first-order valence-electron chi connectivity index (χ1n) is 6.70. The minimum absolute atomic E-state index is 0.0253. The van der Waals surface area contributed by atoms with Gasteiger partial charge in [-0.15, -0.1) is 11.3 Å². The molecule has 3 rings (SSSR count). The SMILES string of the molecule is O=C(NCCCn1ccc2ccccc21)c1cccs1. The van der Waals surface area contributed by atoms with Crippen molar-refractivity contribution in [3.8, 4) is 0 Å². The normalized spacial score (nSPS) is 10.8. The lowest BCUT2D eigenvalue weighted by Crippen LogP contribution is -2.24. The Morgan fingerprint density at radius 2 is 2.05 bits per heavy atom. The van der Waals surface area contributed by atoms with Crippen LogP contribution >= 0.6 is 11.3 Å². The summed E-state index contributed by atoms with van der Waals surface area (Å²) in [7, 11) is 0. The Morgan fingerprint density at radius 1 is 1.15 bits per heavy atom. The molecule has 0 spiro atoms. The van der Waals surface area contributed by atoms with E-state index in [1.165, 1.54) is 22.2 Å². The topological polar surface area (TPSA) is 34.0 Å². The van der Waals surface area contributed by atoms with Crippen LogP contribution in [0, 0.1) is 0 Å². The van der Waals surface area contributed by atoms with Crippen molar-refractivity contribution < 1.29 is 4.79 Å². The largest absolute Gasteiger partial charge is 0.351 e. The number of fused-ring (bicyclic) bond motifs is 1. The first-order chi connectivity index (χ1) is 9.84. The summed E-state index contributed by atoms with van der Waals surface area (Å²) in [6.07, 6.45) is 3.03. The van der Waals surface area contributed by atoms with E-state index in [0.717, 1.165) is 17.8 Å². The van der Waals surface area contributed by atoms with E-state index in [2.05, 4.69) is 40.3 Å². The number of hydrogen-bond donors (Lipinski definition) is 1. The van der Waals surface area contributed by atoms with Gasteiger partial charge in [0.05, 0.1) is 4.88 Å². The Bertz CT molecular complexity index is 700. The highest BCUT2D eigenvalue weighted by atomic mass is 32.1. The average Bonchev–Trinajstić information content (AvgIpc) is 3.13. The number of carbonyl (C=O) groups is 1. The molecular formula is C16H16N2OS. The van der Waals surface area contributed by atoms with E-state index in [1.54, 1.807) is 0 Å². The van der Waals surface area contributed by atoms with Crippen LogP contribution in [0.1, 0.15) is 16.1 Å². The molecule has 2 heterocycles. The Labute approximate surface area is 121 Å². The van der Waals surface area contributed by atoms with Gasteiger partial charge in [-0.25, -0.2) is 0 Å². The average molecular weight is 284 g/mol. The standard InChI is InChI=1S/C16H16N2OS/c19-16(15-7-3-12-20-15)17-9-4-10-18-11-8-13-5-1-2-6-14(13)18/h1-3,5-8,11-12H,4,9-10H2,(H,17,19). The fourth-order valence-electron chi connectivity index (χ4n) is 2.28. The molecule has 0 unspecified atom stereocenters. The molecule has 0 aliphatic rings. The Balaban J connectivity index is 1.52. The maximum Gasteiger partial charge on any atom is 0.261 e. The molecule has 0 bridgehead atoms. The van der Waals surface area contributed by atoms with Gasteiger partial charge in [0, 0.05) is 24.8 Å². The number of nitrogens with zero attached hydrogens (tertiary/aromatic N) is 1. The molecule has 0 fully saturated rings. The molecule has 4 heteroatoms. The van der Waals surface area contributed by atoms with E-state index < -0.39 is 0 Å². The number of carbonyl (C=O) groups excluding carboxylic acids is 1. The number of nitrogens with one attached hydrogen (secondary N) is 1. The molecule has 3 nitrogen and oxygen atoms in total. The second-order valence-electron chi connectivity index (χ2n) is 4.65. The summed E-state index contributed by atoms with van der Waals surface area (Å²) in [6, 6.07) is 14.2. The summed E-state index contributed by atoms with van der Waals surface area (Å²) < 4.78 is 2.23. The van der Waals surface area contributed by atoms with Crippen LogP contribution < -0.4 is 5.32 Å². The van der Waals surface area contributed by atoms with Gasteiger partial charge in [-0.05, 0) is 35.4 Å². The lowest BCUT2D eigenvalue weighted by molar-refractivity contribution is 0.0957. The van der Waals surface area contributed by atoms with E-state index in [4.69, 9.17) is 0 Å². The van der Waals surface area contributed by atoms with E-state index >= 15 is 0 Å². The van der Waals surface area contributed by atoms with Crippen molar-refractivity contribution in [2.45, 2.75) is 13.0 Å². The maximum absolute atomic E-state index is 11.8. The van der Waals surface area contributed by atoms with Crippen LogP contribution in [0.3, 0.4) is 0 Å². The van der Waals surface area contributed by atoms with Crippen LogP contribution in [0.15, 0.2) is 54.0 Å². The van der Waals surface area contributed by atoms with Gasteiger partial charge in [0.2, 0.25) is 0 Å². The molecule has 102 valence electrons. The van der Waals surface area contributed by atoms with Crippen LogP contribution in [0.2, 0.25) is 0 Å².